The number of hydrogen-bond donors (Lipinski definition) is 0. The number of carbonyl (C=O) groups is 1. The first-order valence-electron chi connectivity index (χ1n) is 6.82. The lowest BCUT2D eigenvalue weighted by atomic mass is 10.0. The van der Waals surface area contributed by atoms with Crippen LogP contribution in [0.15, 0.2) is 66.7 Å². The summed E-state index contributed by atoms with van der Waals surface area (Å²) < 4.78 is 23.0. The number of ether oxygens (including phenoxy) is 2. The quantitative estimate of drug-likeness (QED) is 0.234. The Morgan fingerprint density at radius 1 is 1.13 bits per heavy atom. The Balaban J connectivity index is 3.17. The molecule has 0 heterocycles. The third-order valence-corrected chi connectivity index (χ3v) is 3.53. The monoisotopic (exact) mass is 334 g/mol. The van der Waals surface area contributed by atoms with Gasteiger partial charge in [-0.3, -0.25) is 4.79 Å². The van der Waals surface area contributed by atoms with Gasteiger partial charge in [-0.1, -0.05) is 37.4 Å². The summed E-state index contributed by atoms with van der Waals surface area (Å²) in [5.74, 6) is 0.0139. The highest BCUT2D eigenvalue weighted by molar-refractivity contribution is 7.17. The van der Waals surface area contributed by atoms with Gasteiger partial charge in [0.1, 0.15) is 17.3 Å². The molecule has 0 radical (unpaired) electrons. The van der Waals surface area contributed by atoms with Crippen molar-refractivity contribution in [2.45, 2.75) is 0 Å². The Kier molecular flexibility index (Phi) is 7.43. The summed E-state index contributed by atoms with van der Waals surface area (Å²) in [4.78, 5) is 12.6. The Labute approximate surface area is 138 Å². The number of carbonyl (C=O) groups excluding carboxylic acids is 1. The lowest BCUT2D eigenvalue weighted by molar-refractivity contribution is 0.102. The summed E-state index contributed by atoms with van der Waals surface area (Å²) in [7, 11) is 5.44. The number of hydrogen-bond acceptors (Lipinski definition) is 3. The van der Waals surface area contributed by atoms with Gasteiger partial charge < -0.3 is 9.47 Å². The summed E-state index contributed by atoms with van der Waals surface area (Å²) in [6.45, 7) is 6.90. The van der Waals surface area contributed by atoms with Gasteiger partial charge in [0.05, 0.1) is 14.2 Å². The van der Waals surface area contributed by atoms with Crippen molar-refractivity contribution >= 4 is 20.8 Å². The predicted octanol–water partition coefficient (Wildman–Crippen LogP) is 4.30. The molecule has 1 aromatic carbocycles. The molecule has 0 amide bonds. The van der Waals surface area contributed by atoms with E-state index in [1.807, 2.05) is 0 Å². The molecule has 0 aliphatic carbocycles. The molecule has 23 heavy (non-hydrogen) atoms. The molecule has 0 N–H and O–H groups in total. The first-order chi connectivity index (χ1) is 10.9. The highest BCUT2D eigenvalue weighted by Gasteiger charge is 2.15. The fourth-order valence-electron chi connectivity index (χ4n) is 1.86. The van der Waals surface area contributed by atoms with Gasteiger partial charge in [0.15, 0.2) is 5.78 Å². The molecule has 0 bridgehead atoms. The van der Waals surface area contributed by atoms with E-state index in [0.29, 0.717) is 28.8 Å². The molecule has 0 aromatic heterocycles. The van der Waals surface area contributed by atoms with Crippen LogP contribution in [0.5, 0.6) is 0 Å². The van der Waals surface area contributed by atoms with Crippen LogP contribution in [0.2, 0.25) is 0 Å². The molecule has 1 atom stereocenters. The van der Waals surface area contributed by atoms with Gasteiger partial charge in [-0.2, -0.15) is 0 Å². The Hall–Kier alpha value is -2.19. The summed E-state index contributed by atoms with van der Waals surface area (Å²) >= 11 is 0. The number of benzene rings is 1. The van der Waals surface area contributed by atoms with E-state index in [9.17, 15) is 9.18 Å². The molecule has 0 saturated carbocycles. The molecule has 1 unspecified atom stereocenters. The van der Waals surface area contributed by atoms with Gasteiger partial charge in [-0.15, -0.1) is 9.24 Å². The van der Waals surface area contributed by atoms with Crippen molar-refractivity contribution in [2.24, 2.45) is 0 Å². The molecule has 0 spiro atoms. The summed E-state index contributed by atoms with van der Waals surface area (Å²) in [6.07, 6.45) is 2.91. The Morgan fingerprint density at radius 3 is 2.13 bits per heavy atom. The molecule has 0 fully saturated rings. The van der Waals surface area contributed by atoms with Gasteiger partial charge in [0.2, 0.25) is 0 Å². The third kappa shape index (κ3) is 5.19. The van der Waals surface area contributed by atoms with Gasteiger partial charge in [0.25, 0.3) is 0 Å². The summed E-state index contributed by atoms with van der Waals surface area (Å²) in [6, 6.07) is 6.89. The van der Waals surface area contributed by atoms with Crippen LogP contribution in [0, 0.1) is 0 Å². The smallest absolute Gasteiger partial charge is 0.193 e. The van der Waals surface area contributed by atoms with Gasteiger partial charge in [-0.25, -0.2) is 4.39 Å². The highest BCUT2D eigenvalue weighted by atomic mass is 31.0. The molecule has 1 rings (SSSR count). The second-order valence-corrected chi connectivity index (χ2v) is 4.97. The fraction of sp³-hybridized carbons (Fsp3) is 0.167. The Bertz CT molecular complexity index is 657. The zero-order valence-electron chi connectivity index (χ0n) is 13.3. The van der Waals surface area contributed by atoms with Crippen LogP contribution in [0.4, 0.5) is 4.39 Å². The van der Waals surface area contributed by atoms with Crippen LogP contribution >= 0.6 is 9.24 Å². The van der Waals surface area contributed by atoms with Crippen molar-refractivity contribution in [3.63, 3.8) is 0 Å². The second kappa shape index (κ2) is 9.06. The van der Waals surface area contributed by atoms with E-state index in [1.165, 1.54) is 20.3 Å². The van der Waals surface area contributed by atoms with Crippen molar-refractivity contribution in [1.29, 1.82) is 0 Å². The van der Waals surface area contributed by atoms with E-state index < -0.39 is 5.83 Å². The van der Waals surface area contributed by atoms with E-state index in [-0.39, 0.29) is 5.78 Å². The number of methoxy groups -OCH3 is 2. The zero-order valence-corrected chi connectivity index (χ0v) is 14.4. The van der Waals surface area contributed by atoms with E-state index in [2.05, 4.69) is 22.4 Å². The predicted molar refractivity (Wildman–Crippen MR) is 94.8 cm³/mol. The topological polar surface area (TPSA) is 35.5 Å². The largest absolute Gasteiger partial charge is 0.497 e. The van der Waals surface area contributed by atoms with Gasteiger partial charge in [0, 0.05) is 16.7 Å². The van der Waals surface area contributed by atoms with E-state index >= 15 is 0 Å². The van der Waals surface area contributed by atoms with Crippen molar-refractivity contribution in [3.8, 4) is 0 Å². The number of rotatable bonds is 8. The van der Waals surface area contributed by atoms with Crippen molar-refractivity contribution < 1.29 is 18.7 Å². The molecule has 0 aliphatic heterocycles. The van der Waals surface area contributed by atoms with Crippen LogP contribution in [-0.2, 0) is 9.47 Å². The molecular formula is C18H20FO3P. The van der Waals surface area contributed by atoms with Crippen molar-refractivity contribution in [2.75, 3.05) is 20.4 Å². The molecule has 1 aromatic rings. The van der Waals surface area contributed by atoms with Crippen LogP contribution < -0.4 is 0 Å². The van der Waals surface area contributed by atoms with Crippen LogP contribution in [0.1, 0.15) is 15.9 Å². The van der Waals surface area contributed by atoms with Crippen molar-refractivity contribution in [3.05, 3.63) is 77.9 Å². The third-order valence-electron chi connectivity index (χ3n) is 3.13. The lowest BCUT2D eigenvalue weighted by Gasteiger charge is -2.10. The van der Waals surface area contributed by atoms with Crippen LogP contribution in [0.3, 0.4) is 0 Å². The SMILES string of the molecule is C=C(F)/C=C\C(OC)=C(/CP)C(=O)c1ccc(C(=C)OC)cc1. The first kappa shape index (κ1) is 18.9. The van der Waals surface area contributed by atoms with Crippen molar-refractivity contribution in [1.82, 2.24) is 0 Å². The number of halogens is 1. The molecule has 0 aliphatic rings. The summed E-state index contributed by atoms with van der Waals surface area (Å²) in [5, 5.41) is 0. The maximum absolute atomic E-state index is 12.8. The maximum Gasteiger partial charge on any atom is 0.193 e. The zero-order chi connectivity index (χ0) is 17.4. The lowest BCUT2D eigenvalue weighted by Crippen LogP contribution is -2.08. The van der Waals surface area contributed by atoms with Crippen LogP contribution in [-0.4, -0.2) is 26.2 Å². The molecular weight excluding hydrogens is 314 g/mol. The standard InChI is InChI=1S/C18H20FO3P/c1-12(19)5-10-17(22-4)16(11-23)18(20)15-8-6-14(7-9-15)13(2)21-3/h5-10H,1-2,11,23H2,3-4H3/b10-5-,17-16-. The number of Topliss-reactive ketones (excluding diaryl/α,β-unsaturated/α-hetero) is 1. The Morgan fingerprint density at radius 2 is 1.70 bits per heavy atom. The minimum absolute atomic E-state index is 0.194. The highest BCUT2D eigenvalue weighted by Crippen LogP contribution is 2.20. The first-order valence-corrected chi connectivity index (χ1v) is 7.64. The summed E-state index contributed by atoms with van der Waals surface area (Å²) in [5.41, 5.74) is 1.71. The van der Waals surface area contributed by atoms with E-state index in [4.69, 9.17) is 9.47 Å². The average Bonchev–Trinajstić information content (AvgIpc) is 2.57. The molecule has 3 nitrogen and oxygen atoms in total. The molecule has 5 heteroatoms. The number of ketones is 1. The van der Waals surface area contributed by atoms with Gasteiger partial charge in [-0.05, 0) is 18.3 Å². The van der Waals surface area contributed by atoms with E-state index in [1.54, 1.807) is 24.3 Å². The minimum atomic E-state index is -0.613. The maximum atomic E-state index is 12.8. The second-order valence-electron chi connectivity index (χ2n) is 4.57. The average molecular weight is 334 g/mol. The normalized spacial score (nSPS) is 11.8. The number of allylic oxidation sites excluding steroid dienone is 4. The molecule has 0 saturated heterocycles. The molecule has 122 valence electrons. The van der Waals surface area contributed by atoms with Gasteiger partial charge >= 0.3 is 0 Å². The van der Waals surface area contributed by atoms with E-state index in [0.717, 1.165) is 11.6 Å². The fourth-order valence-corrected chi connectivity index (χ4v) is 2.25. The van der Waals surface area contributed by atoms with Crippen LogP contribution in [0.25, 0.3) is 5.76 Å². The minimum Gasteiger partial charge on any atom is -0.497 e.